The molecule has 2 N–H and O–H groups in total. The Morgan fingerprint density at radius 1 is 0.800 bits per heavy atom. The number of nitrogens with one attached hydrogen (secondary N) is 2. The van der Waals surface area contributed by atoms with E-state index in [4.69, 9.17) is 0 Å². The van der Waals surface area contributed by atoms with Crippen molar-refractivity contribution in [3.63, 3.8) is 0 Å². The number of hydrogen-bond acceptors (Lipinski definition) is 6. The Kier molecular flexibility index (Phi) is 4.89. The first-order chi connectivity index (χ1) is 8.92. The third kappa shape index (κ3) is 5.15. The van der Waals surface area contributed by atoms with E-state index in [0.29, 0.717) is 12.5 Å². The van der Waals surface area contributed by atoms with Gasteiger partial charge in [0.2, 0.25) is 20.0 Å². The van der Waals surface area contributed by atoms with Gasteiger partial charge in [-0.05, 0) is 16.7 Å². The summed E-state index contributed by atoms with van der Waals surface area (Å²) in [5.74, 6) is 0. The zero-order valence-corrected chi connectivity index (χ0v) is 13.0. The maximum absolute atomic E-state index is 12.2. The Bertz CT molecular complexity index is 736. The first-order valence-corrected chi connectivity index (χ1v) is 10.2. The van der Waals surface area contributed by atoms with Crippen molar-refractivity contribution < 1.29 is 25.3 Å². The maximum atomic E-state index is 12.2. The van der Waals surface area contributed by atoms with Crippen molar-refractivity contribution in [3.05, 3.63) is 30.3 Å². The van der Waals surface area contributed by atoms with Crippen LogP contribution in [0.2, 0.25) is 0 Å². The summed E-state index contributed by atoms with van der Waals surface area (Å²) in [6.45, 7) is 0. The van der Waals surface area contributed by atoms with E-state index in [9.17, 15) is 25.3 Å². The van der Waals surface area contributed by atoms with Gasteiger partial charge < -0.3 is 0 Å². The minimum atomic E-state index is -4.41. The molecular weight excluding hydrogens is 330 g/mol. The maximum Gasteiger partial charge on any atom is 0.271 e. The van der Waals surface area contributed by atoms with E-state index in [2.05, 4.69) is 0 Å². The normalized spacial score (nSPS) is 13.6. The van der Waals surface area contributed by atoms with Crippen molar-refractivity contribution in [3.8, 4) is 0 Å². The lowest BCUT2D eigenvalue weighted by atomic mass is 10.4. The van der Waals surface area contributed by atoms with Gasteiger partial charge in [-0.15, -0.1) is 9.66 Å². The highest BCUT2D eigenvalue weighted by molar-refractivity contribution is 7.93. The lowest BCUT2D eigenvalue weighted by Crippen LogP contribution is -2.55. The van der Waals surface area contributed by atoms with Crippen molar-refractivity contribution in [2.75, 3.05) is 12.5 Å². The van der Waals surface area contributed by atoms with Crippen molar-refractivity contribution in [2.24, 2.45) is 0 Å². The van der Waals surface area contributed by atoms with Crippen LogP contribution in [0.5, 0.6) is 0 Å². The molecule has 0 aromatic heterocycles. The second kappa shape index (κ2) is 5.75. The molecule has 0 radical (unpaired) electrons. The van der Waals surface area contributed by atoms with Gasteiger partial charge in [0.05, 0.1) is 17.4 Å². The molecule has 0 aliphatic carbocycles. The molecule has 114 valence electrons. The molecular formula is C8H13N3O6S3. The van der Waals surface area contributed by atoms with Gasteiger partial charge in [0.1, 0.15) is 0 Å². The van der Waals surface area contributed by atoms with Crippen LogP contribution in [-0.4, -0.2) is 42.3 Å². The second-order valence-corrected chi connectivity index (χ2v) is 9.05. The monoisotopic (exact) mass is 343 g/mol. The van der Waals surface area contributed by atoms with Gasteiger partial charge in [-0.3, -0.25) is 0 Å². The van der Waals surface area contributed by atoms with Crippen LogP contribution in [0, 0.1) is 0 Å². The number of nitrogens with zero attached hydrogens (tertiary/aromatic N) is 1. The van der Waals surface area contributed by atoms with E-state index in [1.807, 2.05) is 0 Å². The highest BCUT2D eigenvalue weighted by Crippen LogP contribution is 2.12. The molecule has 0 saturated heterocycles. The molecule has 0 aliphatic rings. The van der Waals surface area contributed by atoms with Gasteiger partial charge in [-0.25, -0.2) is 25.3 Å². The summed E-state index contributed by atoms with van der Waals surface area (Å²) in [7, 11) is -12.4. The van der Waals surface area contributed by atoms with Gasteiger partial charge in [0.25, 0.3) is 10.0 Å². The summed E-state index contributed by atoms with van der Waals surface area (Å²) in [5, 5.41) is 0. The summed E-state index contributed by atoms with van der Waals surface area (Å²) in [6, 6.07) is 6.75. The fourth-order valence-electron chi connectivity index (χ4n) is 1.12. The van der Waals surface area contributed by atoms with Crippen LogP contribution in [-0.2, 0) is 30.1 Å². The van der Waals surface area contributed by atoms with E-state index in [1.54, 1.807) is 15.7 Å². The van der Waals surface area contributed by atoms with Gasteiger partial charge in [-0.2, -0.15) is 0 Å². The number of benzene rings is 1. The number of hydrogen-bond donors (Lipinski definition) is 2. The minimum Gasteiger partial charge on any atom is -0.211 e. The van der Waals surface area contributed by atoms with Crippen LogP contribution in [0.3, 0.4) is 0 Å². The van der Waals surface area contributed by atoms with Crippen LogP contribution in [0.25, 0.3) is 0 Å². The molecule has 1 aromatic rings. The highest BCUT2D eigenvalue weighted by atomic mass is 32.2. The number of hydrazine groups is 2. The fraction of sp³-hybridized carbons (Fsp3) is 0.250. The van der Waals surface area contributed by atoms with Crippen LogP contribution < -0.4 is 9.66 Å². The third-order valence-electron chi connectivity index (χ3n) is 1.78. The average molecular weight is 343 g/mol. The largest absolute Gasteiger partial charge is 0.271 e. The molecule has 0 spiro atoms. The zero-order chi connectivity index (χ0) is 15.6. The van der Waals surface area contributed by atoms with E-state index < -0.39 is 30.1 Å². The number of sulfonamides is 3. The molecule has 0 amide bonds. The van der Waals surface area contributed by atoms with Crippen LogP contribution >= 0.6 is 0 Å². The Labute approximate surface area is 117 Å². The van der Waals surface area contributed by atoms with Crippen molar-refractivity contribution in [1.82, 2.24) is 14.2 Å². The molecule has 0 bridgehead atoms. The molecule has 0 fully saturated rings. The van der Waals surface area contributed by atoms with Gasteiger partial charge in [0.15, 0.2) is 0 Å². The van der Waals surface area contributed by atoms with Crippen LogP contribution in [0.15, 0.2) is 35.2 Å². The summed E-state index contributed by atoms with van der Waals surface area (Å²) in [6.07, 6.45) is 1.37. The van der Waals surface area contributed by atoms with Gasteiger partial charge in [0, 0.05) is 0 Å². The number of rotatable bonds is 6. The molecule has 12 heteroatoms. The van der Waals surface area contributed by atoms with E-state index in [-0.39, 0.29) is 9.42 Å². The van der Waals surface area contributed by atoms with Crippen molar-refractivity contribution in [2.45, 2.75) is 4.90 Å². The molecule has 0 saturated carbocycles. The molecule has 0 unspecified atom stereocenters. The van der Waals surface area contributed by atoms with E-state index in [1.165, 1.54) is 24.3 Å². The van der Waals surface area contributed by atoms with E-state index >= 15 is 0 Å². The lowest BCUT2D eigenvalue weighted by molar-refractivity contribution is 0.346. The standard InChI is InChI=1S/C8H13N3O6S3/c1-18(12,13)9-11(10-19(2,14)15)20(16,17)8-6-4-3-5-7-8/h3-7,9-10H,1-2H3. The van der Waals surface area contributed by atoms with Crippen molar-refractivity contribution >= 4 is 30.1 Å². The Hall–Kier alpha value is -1.05. The molecule has 9 nitrogen and oxygen atoms in total. The highest BCUT2D eigenvalue weighted by Gasteiger charge is 2.29. The minimum absolute atomic E-state index is 0.0625. The smallest absolute Gasteiger partial charge is 0.211 e. The Balaban J connectivity index is 3.30. The molecule has 1 rings (SSSR count). The van der Waals surface area contributed by atoms with Crippen LogP contribution in [0.1, 0.15) is 0 Å². The Morgan fingerprint density at radius 3 is 1.55 bits per heavy atom. The van der Waals surface area contributed by atoms with Gasteiger partial charge >= 0.3 is 0 Å². The molecule has 0 atom stereocenters. The second-order valence-electron chi connectivity index (χ2n) is 3.81. The average Bonchev–Trinajstić information content (AvgIpc) is 2.25. The Morgan fingerprint density at radius 2 is 1.20 bits per heavy atom. The first kappa shape index (κ1) is 17.0. The fourth-order valence-corrected chi connectivity index (χ4v) is 4.18. The van der Waals surface area contributed by atoms with Gasteiger partial charge in [-0.1, -0.05) is 18.2 Å². The first-order valence-electron chi connectivity index (χ1n) is 4.97. The third-order valence-corrected chi connectivity index (χ3v) is 4.57. The topological polar surface area (TPSA) is 130 Å². The molecule has 20 heavy (non-hydrogen) atoms. The summed E-state index contributed by atoms with van der Waals surface area (Å²) < 4.78 is 68.9. The van der Waals surface area contributed by atoms with Crippen LogP contribution in [0.4, 0.5) is 0 Å². The van der Waals surface area contributed by atoms with Crippen molar-refractivity contribution in [1.29, 1.82) is 0 Å². The van der Waals surface area contributed by atoms with E-state index in [0.717, 1.165) is 0 Å². The predicted molar refractivity (Wildman–Crippen MR) is 71.4 cm³/mol. The quantitative estimate of drug-likeness (QED) is 0.611. The SMILES string of the molecule is CS(=O)(=O)NN(NS(C)(=O)=O)S(=O)(=O)c1ccccc1. The summed E-state index contributed by atoms with van der Waals surface area (Å²) in [5.41, 5.74) is 0. The summed E-state index contributed by atoms with van der Waals surface area (Å²) in [4.78, 5) is 2.87. The molecule has 0 aliphatic heterocycles. The predicted octanol–water partition coefficient (Wildman–Crippen LogP) is -1.39. The molecule has 1 aromatic carbocycles. The molecule has 0 heterocycles. The summed E-state index contributed by atoms with van der Waals surface area (Å²) >= 11 is 0. The lowest BCUT2D eigenvalue weighted by Gasteiger charge is -2.21. The zero-order valence-electron chi connectivity index (χ0n) is 10.5.